The molecule has 1 aromatic heterocycles. The number of quaternary nitrogens is 1. The molecule has 1 saturated heterocycles. The molecule has 8 heteroatoms. The van der Waals surface area contributed by atoms with Gasteiger partial charge in [0, 0.05) is 29.7 Å². The summed E-state index contributed by atoms with van der Waals surface area (Å²) in [5.41, 5.74) is 1.71. The summed E-state index contributed by atoms with van der Waals surface area (Å²) in [7, 11) is 0. The van der Waals surface area contributed by atoms with Gasteiger partial charge in [0.25, 0.3) is 0 Å². The highest BCUT2D eigenvalue weighted by atomic mass is 35.5. The first-order chi connectivity index (χ1) is 12.4. The van der Waals surface area contributed by atoms with Crippen LogP contribution >= 0.6 is 11.6 Å². The Hall–Kier alpha value is -2.64. The van der Waals surface area contributed by atoms with Gasteiger partial charge >= 0.3 is 5.97 Å². The van der Waals surface area contributed by atoms with Gasteiger partial charge in [-0.2, -0.15) is 0 Å². The number of hydrogen-bond acceptors (Lipinski definition) is 5. The highest BCUT2D eigenvalue weighted by Gasteiger charge is 2.18. The van der Waals surface area contributed by atoms with E-state index in [1.54, 1.807) is 18.2 Å². The molecule has 0 unspecified atom stereocenters. The third-order valence-electron chi connectivity index (χ3n) is 4.03. The van der Waals surface area contributed by atoms with Crippen molar-refractivity contribution in [2.24, 2.45) is 0 Å². The Balaban J connectivity index is 0.000000254. The fourth-order valence-electron chi connectivity index (χ4n) is 2.54. The number of carbonyl (C=O) groups is 2. The smallest absolute Gasteiger partial charge is 0.339 e. The second-order valence-electron chi connectivity index (χ2n) is 5.83. The molecule has 1 aromatic carbocycles. The van der Waals surface area contributed by atoms with Gasteiger partial charge < -0.3 is 25.6 Å². The van der Waals surface area contributed by atoms with Crippen molar-refractivity contribution in [3.63, 3.8) is 0 Å². The topological polar surface area (TPSA) is 119 Å². The van der Waals surface area contributed by atoms with Gasteiger partial charge in [-0.05, 0) is 36.8 Å². The predicted molar refractivity (Wildman–Crippen MR) is 95.5 cm³/mol. The van der Waals surface area contributed by atoms with E-state index in [1.807, 2.05) is 18.3 Å². The number of carboxylic acids is 2. The van der Waals surface area contributed by atoms with Crippen LogP contribution < -0.4 is 15.7 Å². The molecule has 7 nitrogen and oxygen atoms in total. The summed E-state index contributed by atoms with van der Waals surface area (Å²) in [6.07, 6.45) is 3.33. The molecule has 4 N–H and O–H groups in total. The van der Waals surface area contributed by atoms with Crippen LogP contribution in [-0.4, -0.2) is 34.6 Å². The maximum Gasteiger partial charge on any atom is 0.339 e. The standard InChI is InChI=1S/C13H11ClN2O2.C5H9NO2/c1-8-10(14)5-2-6-11(8)16-12-9(13(17)18)4-3-7-15-12;7-5(8)4-2-1-3-6-4/h2-7H,1H3,(H,15,16)(H,17,18);4,6H,1-3H2,(H,7,8)/t;4-/m.0/s1. The molecule has 3 rings (SSSR count). The zero-order chi connectivity index (χ0) is 19.1. The quantitative estimate of drug-likeness (QED) is 0.729. The van der Waals surface area contributed by atoms with E-state index in [-0.39, 0.29) is 11.6 Å². The van der Waals surface area contributed by atoms with Gasteiger partial charge in [-0.3, -0.25) is 0 Å². The van der Waals surface area contributed by atoms with Gasteiger partial charge in [0.05, 0.1) is 12.5 Å². The van der Waals surface area contributed by atoms with Crippen LogP contribution in [0.2, 0.25) is 5.02 Å². The largest absolute Gasteiger partial charge is 0.544 e. The number of carbonyl (C=O) groups excluding carboxylic acids is 1. The minimum Gasteiger partial charge on any atom is -0.544 e. The Morgan fingerprint density at radius 1 is 1.35 bits per heavy atom. The van der Waals surface area contributed by atoms with Crippen molar-refractivity contribution < 1.29 is 25.1 Å². The molecule has 0 saturated carbocycles. The number of carboxylic acid groups (broad SMARTS) is 2. The first-order valence-electron chi connectivity index (χ1n) is 8.14. The molecule has 0 bridgehead atoms. The average molecular weight is 378 g/mol. The maximum atomic E-state index is 11.1. The van der Waals surface area contributed by atoms with E-state index in [4.69, 9.17) is 16.7 Å². The summed E-state index contributed by atoms with van der Waals surface area (Å²) in [6, 6.07) is 8.22. The van der Waals surface area contributed by atoms with Gasteiger partial charge in [-0.15, -0.1) is 0 Å². The van der Waals surface area contributed by atoms with Crippen LogP contribution in [0.5, 0.6) is 0 Å². The van der Waals surface area contributed by atoms with E-state index < -0.39 is 11.9 Å². The number of hydrogen-bond donors (Lipinski definition) is 3. The van der Waals surface area contributed by atoms with Crippen molar-refractivity contribution in [2.75, 3.05) is 11.9 Å². The summed E-state index contributed by atoms with van der Waals surface area (Å²) in [4.78, 5) is 25.1. The predicted octanol–water partition coefficient (Wildman–Crippen LogP) is 0.947. The molecule has 2 heterocycles. The van der Waals surface area contributed by atoms with Crippen molar-refractivity contribution in [2.45, 2.75) is 25.8 Å². The molecular formula is C18H20ClN3O4. The molecule has 26 heavy (non-hydrogen) atoms. The van der Waals surface area contributed by atoms with E-state index >= 15 is 0 Å². The Morgan fingerprint density at radius 2 is 2.12 bits per heavy atom. The van der Waals surface area contributed by atoms with Crippen molar-refractivity contribution >= 4 is 35.0 Å². The SMILES string of the molecule is Cc1c(Cl)cccc1Nc1ncccc1C(=O)O.O=C([O-])[C@@H]1CCC[NH2+]1. The van der Waals surface area contributed by atoms with E-state index in [0.29, 0.717) is 10.8 Å². The van der Waals surface area contributed by atoms with Crippen molar-refractivity contribution in [1.29, 1.82) is 0 Å². The highest BCUT2D eigenvalue weighted by molar-refractivity contribution is 6.31. The number of halogens is 1. The molecule has 138 valence electrons. The van der Waals surface area contributed by atoms with E-state index in [0.717, 1.165) is 30.6 Å². The van der Waals surface area contributed by atoms with Crippen LogP contribution in [-0.2, 0) is 4.79 Å². The fraction of sp³-hybridized carbons (Fsp3) is 0.278. The van der Waals surface area contributed by atoms with Crippen molar-refractivity contribution in [1.82, 2.24) is 4.98 Å². The number of nitrogens with zero attached hydrogens (tertiary/aromatic N) is 1. The molecule has 0 amide bonds. The number of benzene rings is 1. The molecule has 2 aromatic rings. The van der Waals surface area contributed by atoms with E-state index in [1.165, 1.54) is 12.3 Å². The lowest BCUT2D eigenvalue weighted by Gasteiger charge is -2.11. The second kappa shape index (κ2) is 9.17. The van der Waals surface area contributed by atoms with Gasteiger partial charge in [-0.1, -0.05) is 17.7 Å². The molecular weight excluding hydrogens is 358 g/mol. The minimum absolute atomic E-state index is 0.122. The Morgan fingerprint density at radius 3 is 2.69 bits per heavy atom. The van der Waals surface area contributed by atoms with Crippen LogP contribution in [0.3, 0.4) is 0 Å². The number of aromatic nitrogens is 1. The van der Waals surface area contributed by atoms with E-state index in [2.05, 4.69) is 10.3 Å². The Bertz CT molecular complexity index is 792. The molecule has 0 radical (unpaired) electrons. The number of pyridine rings is 1. The lowest BCUT2D eigenvalue weighted by molar-refractivity contribution is -0.664. The molecule has 1 aliphatic rings. The van der Waals surface area contributed by atoms with Crippen molar-refractivity contribution in [3.05, 3.63) is 52.7 Å². The van der Waals surface area contributed by atoms with Crippen LogP contribution in [0.15, 0.2) is 36.5 Å². The fourth-order valence-corrected chi connectivity index (χ4v) is 2.71. The zero-order valence-corrected chi connectivity index (χ0v) is 15.0. The van der Waals surface area contributed by atoms with Crippen molar-refractivity contribution in [3.8, 4) is 0 Å². The Labute approximate surface area is 156 Å². The first-order valence-corrected chi connectivity index (χ1v) is 8.52. The number of nitrogens with one attached hydrogen (secondary N) is 1. The van der Waals surface area contributed by atoms with Gasteiger partial charge in [0.15, 0.2) is 0 Å². The highest BCUT2D eigenvalue weighted by Crippen LogP contribution is 2.26. The van der Waals surface area contributed by atoms with E-state index in [9.17, 15) is 14.7 Å². The number of aliphatic carboxylic acids is 1. The minimum atomic E-state index is -1.02. The lowest BCUT2D eigenvalue weighted by Crippen LogP contribution is -2.89. The summed E-state index contributed by atoms with van der Waals surface area (Å²) >= 11 is 6.01. The zero-order valence-electron chi connectivity index (χ0n) is 14.2. The summed E-state index contributed by atoms with van der Waals surface area (Å²) in [5.74, 6) is -1.64. The molecule has 1 fully saturated rings. The van der Waals surface area contributed by atoms with Crippen LogP contribution in [0.4, 0.5) is 11.5 Å². The van der Waals surface area contributed by atoms with Gasteiger partial charge in [0.1, 0.15) is 17.4 Å². The lowest BCUT2D eigenvalue weighted by atomic mass is 10.2. The number of nitrogens with two attached hydrogens (primary N) is 1. The van der Waals surface area contributed by atoms with Crippen LogP contribution in [0, 0.1) is 6.92 Å². The number of rotatable bonds is 4. The average Bonchev–Trinajstić information content (AvgIpc) is 3.15. The third-order valence-corrected chi connectivity index (χ3v) is 4.44. The third kappa shape index (κ3) is 5.18. The van der Waals surface area contributed by atoms with Crippen LogP contribution in [0.25, 0.3) is 0 Å². The molecule has 0 spiro atoms. The first kappa shape index (κ1) is 19.7. The Kier molecular flexibility index (Phi) is 6.94. The summed E-state index contributed by atoms with van der Waals surface area (Å²) in [6.45, 7) is 2.80. The summed E-state index contributed by atoms with van der Waals surface area (Å²) < 4.78 is 0. The number of aromatic carboxylic acids is 1. The molecule has 1 atom stereocenters. The maximum absolute atomic E-state index is 11.1. The second-order valence-corrected chi connectivity index (χ2v) is 6.24. The van der Waals surface area contributed by atoms with Gasteiger partial charge in [0.2, 0.25) is 0 Å². The van der Waals surface area contributed by atoms with Gasteiger partial charge in [-0.25, -0.2) is 9.78 Å². The normalized spacial score (nSPS) is 15.7. The molecule has 1 aliphatic heterocycles. The number of anilines is 2. The molecule has 0 aliphatic carbocycles. The van der Waals surface area contributed by atoms with Crippen LogP contribution in [0.1, 0.15) is 28.8 Å². The monoisotopic (exact) mass is 377 g/mol. The summed E-state index contributed by atoms with van der Waals surface area (Å²) in [5, 5.41) is 24.5.